The van der Waals surface area contributed by atoms with Crippen molar-refractivity contribution in [1.82, 2.24) is 9.80 Å². The number of ether oxygens (including phenoxy) is 6. The maximum absolute atomic E-state index is 5.64. The first kappa shape index (κ1) is 29.8. The summed E-state index contributed by atoms with van der Waals surface area (Å²) < 4.78 is 33.1. The summed E-state index contributed by atoms with van der Waals surface area (Å²) in [4.78, 5) is 4.85. The number of methoxy groups -OCH3 is 6. The summed E-state index contributed by atoms with van der Waals surface area (Å²) in [5.74, 6) is 4.05. The molecule has 0 unspecified atom stereocenters. The van der Waals surface area contributed by atoms with E-state index in [1.54, 1.807) is 42.7 Å². The lowest BCUT2D eigenvalue weighted by atomic mass is 10.1. The molecule has 34 heavy (non-hydrogen) atoms. The van der Waals surface area contributed by atoms with E-state index in [0.717, 1.165) is 61.9 Å². The van der Waals surface area contributed by atoms with Gasteiger partial charge in [0.2, 0.25) is 11.5 Å². The molecule has 2 aromatic carbocycles. The van der Waals surface area contributed by atoms with Gasteiger partial charge in [0, 0.05) is 50.4 Å². The zero-order valence-corrected chi connectivity index (χ0v) is 22.3. The fraction of sp³-hybridized carbons (Fsp3) is 0.500. The minimum absolute atomic E-state index is 0. The van der Waals surface area contributed by atoms with E-state index in [4.69, 9.17) is 28.4 Å². The Morgan fingerprint density at radius 2 is 0.824 bits per heavy atom. The Morgan fingerprint density at radius 3 is 1.09 bits per heavy atom. The van der Waals surface area contributed by atoms with E-state index in [9.17, 15) is 0 Å². The summed E-state index contributed by atoms with van der Waals surface area (Å²) in [7, 11) is 9.84. The van der Waals surface area contributed by atoms with Crippen LogP contribution in [0.1, 0.15) is 11.1 Å². The van der Waals surface area contributed by atoms with E-state index < -0.39 is 0 Å². The quantitative estimate of drug-likeness (QED) is 0.469. The molecule has 0 bridgehead atoms. The van der Waals surface area contributed by atoms with Crippen LogP contribution in [0.15, 0.2) is 24.3 Å². The molecule has 0 spiro atoms. The van der Waals surface area contributed by atoms with Crippen LogP contribution in [0, 0.1) is 0 Å². The molecule has 3 rings (SSSR count). The van der Waals surface area contributed by atoms with Crippen molar-refractivity contribution in [1.29, 1.82) is 0 Å². The first-order valence-corrected chi connectivity index (χ1v) is 10.6. The molecular weight excluding hydrogens is 483 g/mol. The van der Waals surface area contributed by atoms with E-state index in [1.165, 1.54) is 0 Å². The molecule has 0 atom stereocenters. The maximum Gasteiger partial charge on any atom is 0.203 e. The number of hydrogen-bond acceptors (Lipinski definition) is 8. The SMILES string of the molecule is COc1ccc(CN2CCN(Cc3ccc(OC)c(OC)c3OC)CC2)c(OC)c1OC.Cl.Cl. The maximum atomic E-state index is 5.64. The number of hydrogen-bond donors (Lipinski definition) is 0. The molecule has 1 aliphatic rings. The van der Waals surface area contributed by atoms with Gasteiger partial charge in [0.05, 0.1) is 42.7 Å². The Morgan fingerprint density at radius 1 is 0.500 bits per heavy atom. The van der Waals surface area contributed by atoms with Crippen LogP contribution in [0.25, 0.3) is 0 Å². The molecule has 0 N–H and O–H groups in total. The van der Waals surface area contributed by atoms with Gasteiger partial charge in [-0.2, -0.15) is 0 Å². The van der Waals surface area contributed by atoms with Gasteiger partial charge in [0.15, 0.2) is 23.0 Å². The molecule has 1 saturated heterocycles. The number of nitrogens with zero attached hydrogens (tertiary/aromatic N) is 2. The van der Waals surface area contributed by atoms with Gasteiger partial charge in [-0.15, -0.1) is 24.8 Å². The zero-order valence-electron chi connectivity index (χ0n) is 20.7. The van der Waals surface area contributed by atoms with Crippen LogP contribution in [0.3, 0.4) is 0 Å². The van der Waals surface area contributed by atoms with Crippen molar-refractivity contribution in [3.8, 4) is 34.5 Å². The summed E-state index contributed by atoms with van der Waals surface area (Å²) in [6.45, 7) is 5.38. The van der Waals surface area contributed by atoms with Crippen LogP contribution in [0.2, 0.25) is 0 Å². The smallest absolute Gasteiger partial charge is 0.203 e. The first-order chi connectivity index (χ1) is 15.6. The second-order valence-electron chi connectivity index (χ2n) is 7.54. The third-order valence-corrected chi connectivity index (χ3v) is 5.82. The van der Waals surface area contributed by atoms with Gasteiger partial charge >= 0.3 is 0 Å². The predicted octanol–water partition coefficient (Wildman–Crippen LogP) is 3.90. The summed E-state index contributed by atoms with van der Waals surface area (Å²) in [6, 6.07) is 7.94. The Bertz CT molecular complexity index is 834. The molecule has 1 aliphatic heterocycles. The van der Waals surface area contributed by atoms with E-state index in [0.29, 0.717) is 23.0 Å². The fourth-order valence-corrected chi connectivity index (χ4v) is 4.16. The Kier molecular flexibility index (Phi) is 12.4. The van der Waals surface area contributed by atoms with Gasteiger partial charge in [-0.3, -0.25) is 9.80 Å². The summed E-state index contributed by atoms with van der Waals surface area (Å²) in [5.41, 5.74) is 2.17. The number of benzene rings is 2. The lowest BCUT2D eigenvalue weighted by molar-refractivity contribution is 0.120. The lowest BCUT2D eigenvalue weighted by Crippen LogP contribution is -2.45. The van der Waals surface area contributed by atoms with Gasteiger partial charge in [0.25, 0.3) is 0 Å². The standard InChI is InChI=1S/C24H34N2O6.2ClH/c1-27-19-9-7-17(21(29-3)23(19)31-5)15-25-11-13-26(14-12-25)16-18-8-10-20(28-2)24(32-6)22(18)30-4;;/h7-10H,11-16H2,1-6H3;2*1H. The van der Waals surface area contributed by atoms with E-state index >= 15 is 0 Å². The van der Waals surface area contributed by atoms with Crippen LogP contribution in [-0.2, 0) is 13.1 Å². The molecule has 192 valence electrons. The van der Waals surface area contributed by atoms with Crippen molar-refractivity contribution in [2.75, 3.05) is 68.8 Å². The molecule has 0 amide bonds. The predicted molar refractivity (Wildman–Crippen MR) is 137 cm³/mol. The van der Waals surface area contributed by atoms with Gasteiger partial charge in [-0.25, -0.2) is 0 Å². The highest BCUT2D eigenvalue weighted by molar-refractivity contribution is 5.85. The Hall–Kier alpha value is -2.26. The van der Waals surface area contributed by atoms with Crippen molar-refractivity contribution in [3.05, 3.63) is 35.4 Å². The van der Waals surface area contributed by atoms with Gasteiger partial charge in [-0.05, 0) is 12.1 Å². The van der Waals surface area contributed by atoms with Gasteiger partial charge in [0.1, 0.15) is 0 Å². The van der Waals surface area contributed by atoms with Gasteiger partial charge in [-0.1, -0.05) is 12.1 Å². The van der Waals surface area contributed by atoms with Crippen molar-refractivity contribution in [2.45, 2.75) is 13.1 Å². The topological polar surface area (TPSA) is 61.9 Å². The van der Waals surface area contributed by atoms with Crippen LogP contribution in [0.5, 0.6) is 34.5 Å². The third-order valence-electron chi connectivity index (χ3n) is 5.82. The van der Waals surface area contributed by atoms with Crippen LogP contribution >= 0.6 is 24.8 Å². The molecule has 0 aromatic heterocycles. The van der Waals surface area contributed by atoms with Gasteiger partial charge < -0.3 is 28.4 Å². The lowest BCUT2D eigenvalue weighted by Gasteiger charge is -2.35. The molecule has 10 heteroatoms. The zero-order chi connectivity index (χ0) is 23.1. The monoisotopic (exact) mass is 518 g/mol. The van der Waals surface area contributed by atoms with Crippen molar-refractivity contribution in [3.63, 3.8) is 0 Å². The molecule has 0 aliphatic carbocycles. The van der Waals surface area contributed by atoms with Crippen LogP contribution in [-0.4, -0.2) is 78.6 Å². The second-order valence-corrected chi connectivity index (χ2v) is 7.54. The molecule has 0 saturated carbocycles. The number of piperazine rings is 1. The minimum atomic E-state index is 0. The number of rotatable bonds is 10. The Labute approximate surface area is 214 Å². The molecule has 2 aromatic rings. The second kappa shape index (κ2) is 14.2. The van der Waals surface area contributed by atoms with Crippen LogP contribution in [0.4, 0.5) is 0 Å². The minimum Gasteiger partial charge on any atom is -0.493 e. The van der Waals surface area contributed by atoms with Crippen molar-refractivity contribution in [2.24, 2.45) is 0 Å². The average molecular weight is 519 g/mol. The van der Waals surface area contributed by atoms with E-state index in [2.05, 4.69) is 9.80 Å². The molecular formula is C24H36Cl2N2O6. The summed E-state index contributed by atoms with van der Waals surface area (Å²) >= 11 is 0. The average Bonchev–Trinajstić information content (AvgIpc) is 2.84. The first-order valence-electron chi connectivity index (χ1n) is 10.6. The van der Waals surface area contributed by atoms with Crippen LogP contribution < -0.4 is 28.4 Å². The highest BCUT2D eigenvalue weighted by Gasteiger charge is 2.23. The van der Waals surface area contributed by atoms with Crippen molar-refractivity contribution < 1.29 is 28.4 Å². The highest BCUT2D eigenvalue weighted by atomic mass is 35.5. The van der Waals surface area contributed by atoms with E-state index in [-0.39, 0.29) is 24.8 Å². The van der Waals surface area contributed by atoms with E-state index in [1.807, 2.05) is 24.3 Å². The third kappa shape index (κ3) is 6.44. The largest absolute Gasteiger partial charge is 0.493 e. The van der Waals surface area contributed by atoms with Crippen molar-refractivity contribution >= 4 is 24.8 Å². The fourth-order valence-electron chi connectivity index (χ4n) is 4.16. The molecule has 1 heterocycles. The summed E-state index contributed by atoms with van der Waals surface area (Å²) in [5, 5.41) is 0. The Balaban J connectivity index is 0.00000289. The molecule has 0 radical (unpaired) electrons. The normalized spacial score (nSPS) is 13.8. The summed E-state index contributed by atoms with van der Waals surface area (Å²) in [6.07, 6.45) is 0. The number of halogens is 2. The molecule has 8 nitrogen and oxygen atoms in total. The highest BCUT2D eigenvalue weighted by Crippen LogP contribution is 2.41. The molecule has 1 fully saturated rings.